The molecule has 0 spiro atoms. The minimum Gasteiger partial charge on any atom is -0.437 e. The van der Waals surface area contributed by atoms with Crippen LogP contribution in [0.1, 0.15) is 23.0 Å². The summed E-state index contributed by atoms with van der Waals surface area (Å²) < 4.78 is 6.40. The SMILES string of the molecule is CC(=O)c1cc(Br)ccc1Oc1cc(C)[nH]n1. The summed E-state index contributed by atoms with van der Waals surface area (Å²) in [6, 6.07) is 7.06. The normalized spacial score (nSPS) is 10.3. The number of H-pyrrole nitrogens is 1. The molecule has 17 heavy (non-hydrogen) atoms. The van der Waals surface area contributed by atoms with Gasteiger partial charge in [-0.3, -0.25) is 9.89 Å². The van der Waals surface area contributed by atoms with Gasteiger partial charge in [0, 0.05) is 16.2 Å². The van der Waals surface area contributed by atoms with E-state index in [4.69, 9.17) is 4.74 Å². The number of ether oxygens (including phenoxy) is 1. The van der Waals surface area contributed by atoms with Gasteiger partial charge in [-0.15, -0.1) is 5.10 Å². The fourth-order valence-corrected chi connectivity index (χ4v) is 1.79. The Morgan fingerprint density at radius 1 is 1.41 bits per heavy atom. The molecular formula is C12H11BrN2O2. The number of nitrogens with zero attached hydrogens (tertiary/aromatic N) is 1. The van der Waals surface area contributed by atoms with E-state index in [0.717, 1.165) is 10.2 Å². The molecule has 5 heteroatoms. The van der Waals surface area contributed by atoms with Gasteiger partial charge in [0.05, 0.1) is 5.56 Å². The highest BCUT2D eigenvalue weighted by Crippen LogP contribution is 2.27. The monoisotopic (exact) mass is 294 g/mol. The van der Waals surface area contributed by atoms with Crippen LogP contribution in [-0.2, 0) is 0 Å². The van der Waals surface area contributed by atoms with Crippen molar-refractivity contribution in [1.82, 2.24) is 10.2 Å². The maximum absolute atomic E-state index is 11.5. The van der Waals surface area contributed by atoms with Crippen LogP contribution in [0, 0.1) is 6.92 Å². The zero-order valence-electron chi connectivity index (χ0n) is 9.45. The summed E-state index contributed by atoms with van der Waals surface area (Å²) in [5.41, 5.74) is 1.43. The number of hydrogen-bond acceptors (Lipinski definition) is 3. The second-order valence-electron chi connectivity index (χ2n) is 3.69. The molecule has 1 aromatic carbocycles. The molecule has 0 radical (unpaired) electrons. The van der Waals surface area contributed by atoms with Crippen molar-refractivity contribution in [2.75, 3.05) is 0 Å². The van der Waals surface area contributed by atoms with Gasteiger partial charge < -0.3 is 4.74 Å². The van der Waals surface area contributed by atoms with Crippen molar-refractivity contribution in [2.45, 2.75) is 13.8 Å². The lowest BCUT2D eigenvalue weighted by atomic mass is 10.1. The Labute approximate surface area is 107 Å². The van der Waals surface area contributed by atoms with Gasteiger partial charge in [0.15, 0.2) is 5.78 Å². The van der Waals surface area contributed by atoms with Gasteiger partial charge >= 0.3 is 0 Å². The summed E-state index contributed by atoms with van der Waals surface area (Å²) in [4.78, 5) is 11.5. The molecule has 0 aliphatic rings. The standard InChI is InChI=1S/C12H11BrN2O2/c1-7-5-12(15-14-7)17-11-4-3-9(13)6-10(11)8(2)16/h3-6H,1-2H3,(H,14,15). The zero-order valence-corrected chi connectivity index (χ0v) is 11.0. The Balaban J connectivity index is 2.35. The van der Waals surface area contributed by atoms with Crippen LogP contribution in [0.25, 0.3) is 0 Å². The lowest BCUT2D eigenvalue weighted by Crippen LogP contribution is -1.97. The first-order valence-electron chi connectivity index (χ1n) is 5.06. The predicted octanol–water partition coefficient (Wildman–Crippen LogP) is 3.48. The fraction of sp³-hybridized carbons (Fsp3) is 0.167. The summed E-state index contributed by atoms with van der Waals surface area (Å²) in [6.45, 7) is 3.39. The highest BCUT2D eigenvalue weighted by atomic mass is 79.9. The maximum Gasteiger partial charge on any atom is 0.238 e. The molecule has 0 aliphatic heterocycles. The summed E-state index contributed by atoms with van der Waals surface area (Å²) >= 11 is 3.32. The molecule has 2 rings (SSSR count). The van der Waals surface area contributed by atoms with Crippen molar-refractivity contribution < 1.29 is 9.53 Å². The fourth-order valence-electron chi connectivity index (χ4n) is 1.42. The van der Waals surface area contributed by atoms with E-state index >= 15 is 0 Å². The lowest BCUT2D eigenvalue weighted by Gasteiger charge is -2.07. The molecule has 1 N–H and O–H groups in total. The first-order valence-corrected chi connectivity index (χ1v) is 5.86. The number of ketones is 1. The molecule has 0 saturated carbocycles. The van der Waals surface area contributed by atoms with Gasteiger partial charge in [0.25, 0.3) is 0 Å². The second kappa shape index (κ2) is 4.71. The summed E-state index contributed by atoms with van der Waals surface area (Å²) in [7, 11) is 0. The molecule has 0 bridgehead atoms. The van der Waals surface area contributed by atoms with Crippen LogP contribution in [0.4, 0.5) is 0 Å². The molecular weight excluding hydrogens is 284 g/mol. The quantitative estimate of drug-likeness (QED) is 0.882. The Morgan fingerprint density at radius 2 is 2.18 bits per heavy atom. The number of aromatic nitrogens is 2. The number of nitrogens with one attached hydrogen (secondary N) is 1. The third-order valence-corrected chi connectivity index (χ3v) is 2.71. The Bertz CT molecular complexity index is 563. The summed E-state index contributed by atoms with van der Waals surface area (Å²) in [6.07, 6.45) is 0. The predicted molar refractivity (Wildman–Crippen MR) is 67.5 cm³/mol. The topological polar surface area (TPSA) is 55.0 Å². The average Bonchev–Trinajstić information content (AvgIpc) is 2.66. The van der Waals surface area contributed by atoms with Gasteiger partial charge in [-0.05, 0) is 32.0 Å². The van der Waals surface area contributed by atoms with Gasteiger partial charge in [-0.1, -0.05) is 15.9 Å². The van der Waals surface area contributed by atoms with E-state index in [1.54, 1.807) is 18.2 Å². The van der Waals surface area contributed by atoms with E-state index in [0.29, 0.717) is 17.2 Å². The molecule has 0 atom stereocenters. The Morgan fingerprint density at radius 3 is 2.76 bits per heavy atom. The largest absolute Gasteiger partial charge is 0.437 e. The van der Waals surface area contributed by atoms with E-state index in [1.807, 2.05) is 13.0 Å². The highest BCUT2D eigenvalue weighted by molar-refractivity contribution is 9.10. The van der Waals surface area contributed by atoms with E-state index < -0.39 is 0 Å². The van der Waals surface area contributed by atoms with Gasteiger partial charge in [-0.25, -0.2) is 0 Å². The van der Waals surface area contributed by atoms with E-state index in [1.165, 1.54) is 6.92 Å². The number of carbonyl (C=O) groups is 1. The van der Waals surface area contributed by atoms with E-state index in [2.05, 4.69) is 26.1 Å². The molecule has 0 fully saturated rings. The smallest absolute Gasteiger partial charge is 0.238 e. The van der Waals surface area contributed by atoms with Crippen molar-refractivity contribution in [1.29, 1.82) is 0 Å². The minimum atomic E-state index is -0.0476. The number of benzene rings is 1. The van der Waals surface area contributed by atoms with Gasteiger partial charge in [-0.2, -0.15) is 0 Å². The van der Waals surface area contributed by atoms with Crippen LogP contribution in [0.2, 0.25) is 0 Å². The average molecular weight is 295 g/mol. The number of rotatable bonds is 3. The number of aryl methyl sites for hydroxylation is 1. The number of carbonyl (C=O) groups excluding carboxylic acids is 1. The molecule has 0 amide bonds. The maximum atomic E-state index is 11.5. The molecule has 88 valence electrons. The van der Waals surface area contributed by atoms with Crippen LogP contribution < -0.4 is 4.74 Å². The van der Waals surface area contributed by atoms with Crippen molar-refractivity contribution in [3.63, 3.8) is 0 Å². The third-order valence-electron chi connectivity index (χ3n) is 2.22. The molecule has 0 aliphatic carbocycles. The Hall–Kier alpha value is -1.62. The molecule has 4 nitrogen and oxygen atoms in total. The van der Waals surface area contributed by atoms with Crippen LogP contribution in [0.5, 0.6) is 11.6 Å². The second-order valence-corrected chi connectivity index (χ2v) is 4.60. The first-order chi connectivity index (χ1) is 8.06. The molecule has 1 heterocycles. The number of hydrogen-bond donors (Lipinski definition) is 1. The van der Waals surface area contributed by atoms with Gasteiger partial charge in [0.2, 0.25) is 5.88 Å². The van der Waals surface area contributed by atoms with Crippen molar-refractivity contribution in [2.24, 2.45) is 0 Å². The van der Waals surface area contributed by atoms with E-state index in [-0.39, 0.29) is 5.78 Å². The van der Waals surface area contributed by atoms with Crippen molar-refractivity contribution in [3.05, 3.63) is 40.0 Å². The Kier molecular flexibility index (Phi) is 3.28. The van der Waals surface area contributed by atoms with Crippen LogP contribution >= 0.6 is 15.9 Å². The molecule has 2 aromatic rings. The van der Waals surface area contributed by atoms with Crippen molar-refractivity contribution >= 4 is 21.7 Å². The minimum absolute atomic E-state index is 0.0476. The highest BCUT2D eigenvalue weighted by Gasteiger charge is 2.11. The van der Waals surface area contributed by atoms with Crippen LogP contribution in [0.3, 0.4) is 0 Å². The van der Waals surface area contributed by atoms with E-state index in [9.17, 15) is 4.79 Å². The van der Waals surface area contributed by atoms with Gasteiger partial charge in [0.1, 0.15) is 5.75 Å². The molecule has 0 saturated heterocycles. The third kappa shape index (κ3) is 2.74. The summed E-state index contributed by atoms with van der Waals surface area (Å²) in [5, 5.41) is 6.74. The van der Waals surface area contributed by atoms with Crippen LogP contribution in [0.15, 0.2) is 28.7 Å². The lowest BCUT2D eigenvalue weighted by molar-refractivity contribution is 0.101. The molecule has 0 unspecified atom stereocenters. The number of Topliss-reactive ketones (excluding diaryl/α,β-unsaturated/α-hetero) is 1. The summed E-state index contributed by atoms with van der Waals surface area (Å²) in [5.74, 6) is 0.910. The van der Waals surface area contributed by atoms with Crippen molar-refractivity contribution in [3.8, 4) is 11.6 Å². The number of aromatic amines is 1. The molecule has 1 aromatic heterocycles. The van der Waals surface area contributed by atoms with Crippen LogP contribution in [-0.4, -0.2) is 16.0 Å². The first kappa shape index (κ1) is 11.9. The number of halogens is 1. The zero-order chi connectivity index (χ0) is 12.4.